The molecule has 0 spiro atoms. The fourth-order valence-electron chi connectivity index (χ4n) is 1.31. The van der Waals surface area contributed by atoms with E-state index in [1.54, 1.807) is 0 Å². The molecule has 1 atom stereocenters. The number of halogens is 2. The average molecular weight is 213 g/mol. The third-order valence-electron chi connectivity index (χ3n) is 2.14. The zero-order valence-electron chi connectivity index (χ0n) is 8.47. The van der Waals surface area contributed by atoms with E-state index in [1.165, 1.54) is 6.07 Å². The largest absolute Gasteiger partial charge is 0.321 e. The minimum absolute atomic E-state index is 0.120. The first-order valence-corrected chi connectivity index (χ1v) is 4.81. The van der Waals surface area contributed by atoms with Crippen LogP contribution in [0.25, 0.3) is 0 Å². The van der Waals surface area contributed by atoms with Crippen LogP contribution in [0.3, 0.4) is 0 Å². The van der Waals surface area contributed by atoms with Gasteiger partial charge in [0.05, 0.1) is 6.04 Å². The number of ketones is 1. The van der Waals surface area contributed by atoms with Crippen LogP contribution < -0.4 is 5.73 Å². The first-order valence-electron chi connectivity index (χ1n) is 4.81. The molecular weight excluding hydrogens is 200 g/mol. The molecule has 1 aromatic rings. The monoisotopic (exact) mass is 213 g/mol. The summed E-state index contributed by atoms with van der Waals surface area (Å²) in [5.41, 5.74) is 5.70. The van der Waals surface area contributed by atoms with Gasteiger partial charge in [-0.3, -0.25) is 4.79 Å². The molecule has 82 valence electrons. The van der Waals surface area contributed by atoms with Gasteiger partial charge in [-0.1, -0.05) is 13.3 Å². The highest BCUT2D eigenvalue weighted by atomic mass is 19.2. The van der Waals surface area contributed by atoms with Crippen LogP contribution in [0.2, 0.25) is 0 Å². The molecule has 15 heavy (non-hydrogen) atoms. The Kier molecular flexibility index (Phi) is 3.91. The second-order valence-corrected chi connectivity index (χ2v) is 3.39. The highest BCUT2D eigenvalue weighted by Crippen LogP contribution is 2.11. The minimum atomic E-state index is -1.02. The predicted octanol–water partition coefficient (Wildman–Crippen LogP) is 2.27. The lowest BCUT2D eigenvalue weighted by Crippen LogP contribution is -2.30. The lowest BCUT2D eigenvalue weighted by molar-refractivity contribution is 0.0956. The number of rotatable bonds is 4. The molecular formula is C11H13F2NO. The maximum atomic E-state index is 12.8. The zero-order chi connectivity index (χ0) is 11.4. The molecule has 0 aliphatic heterocycles. The van der Waals surface area contributed by atoms with Gasteiger partial charge >= 0.3 is 0 Å². The van der Waals surface area contributed by atoms with Crippen molar-refractivity contribution in [1.82, 2.24) is 0 Å². The summed E-state index contributed by atoms with van der Waals surface area (Å²) in [6.45, 7) is 1.90. The molecule has 4 heteroatoms. The Hall–Kier alpha value is -1.29. The topological polar surface area (TPSA) is 43.1 Å². The molecule has 0 aliphatic carbocycles. The van der Waals surface area contributed by atoms with Crippen molar-refractivity contribution in [1.29, 1.82) is 0 Å². The van der Waals surface area contributed by atoms with Crippen molar-refractivity contribution in [2.45, 2.75) is 25.8 Å². The minimum Gasteiger partial charge on any atom is -0.321 e. The lowest BCUT2D eigenvalue weighted by atomic mass is 10.0. The van der Waals surface area contributed by atoms with Crippen molar-refractivity contribution < 1.29 is 13.6 Å². The van der Waals surface area contributed by atoms with Gasteiger partial charge in [0.15, 0.2) is 17.4 Å². The molecule has 0 saturated carbocycles. The first-order chi connectivity index (χ1) is 7.06. The van der Waals surface area contributed by atoms with Crippen LogP contribution in [0.5, 0.6) is 0 Å². The number of benzene rings is 1. The SMILES string of the molecule is CCCC(N)C(=O)c1ccc(F)c(F)c1. The third-order valence-corrected chi connectivity index (χ3v) is 2.14. The van der Waals surface area contributed by atoms with E-state index >= 15 is 0 Å². The zero-order valence-corrected chi connectivity index (χ0v) is 8.47. The van der Waals surface area contributed by atoms with Gasteiger partial charge < -0.3 is 5.73 Å². The summed E-state index contributed by atoms with van der Waals surface area (Å²) >= 11 is 0. The fraction of sp³-hybridized carbons (Fsp3) is 0.364. The average Bonchev–Trinajstić information content (AvgIpc) is 2.21. The molecule has 0 amide bonds. The molecule has 0 fully saturated rings. The summed E-state index contributed by atoms with van der Waals surface area (Å²) in [5.74, 6) is -2.34. The summed E-state index contributed by atoms with van der Waals surface area (Å²) in [4.78, 5) is 11.6. The second kappa shape index (κ2) is 4.98. The number of hydrogen-bond donors (Lipinski definition) is 1. The number of nitrogens with two attached hydrogens (primary N) is 1. The smallest absolute Gasteiger partial charge is 0.179 e. The van der Waals surface area contributed by atoms with E-state index < -0.39 is 17.7 Å². The van der Waals surface area contributed by atoms with E-state index in [9.17, 15) is 13.6 Å². The summed E-state index contributed by atoms with van der Waals surface area (Å²) < 4.78 is 25.4. The third kappa shape index (κ3) is 2.83. The Morgan fingerprint density at radius 3 is 2.60 bits per heavy atom. The van der Waals surface area contributed by atoms with Crippen molar-refractivity contribution in [2.24, 2.45) is 5.73 Å². The van der Waals surface area contributed by atoms with Gasteiger partial charge in [-0.25, -0.2) is 8.78 Å². The standard InChI is InChI=1S/C11H13F2NO/c1-2-3-10(14)11(15)7-4-5-8(12)9(13)6-7/h4-6,10H,2-3,14H2,1H3. The van der Waals surface area contributed by atoms with Crippen LogP contribution in [-0.4, -0.2) is 11.8 Å². The summed E-state index contributed by atoms with van der Waals surface area (Å²) in [6, 6.07) is 2.42. The van der Waals surface area contributed by atoms with Crippen LogP contribution in [0.15, 0.2) is 18.2 Å². The van der Waals surface area contributed by atoms with Crippen LogP contribution >= 0.6 is 0 Å². The fourth-order valence-corrected chi connectivity index (χ4v) is 1.31. The highest BCUT2D eigenvalue weighted by molar-refractivity contribution is 5.99. The van der Waals surface area contributed by atoms with Crippen LogP contribution in [0, 0.1) is 11.6 Å². The van der Waals surface area contributed by atoms with E-state index in [1.807, 2.05) is 6.92 Å². The van der Waals surface area contributed by atoms with Crippen molar-refractivity contribution in [3.8, 4) is 0 Å². The van der Waals surface area contributed by atoms with Crippen molar-refractivity contribution >= 4 is 5.78 Å². The molecule has 1 aromatic carbocycles. The second-order valence-electron chi connectivity index (χ2n) is 3.39. The molecule has 1 rings (SSSR count). The van der Waals surface area contributed by atoms with Gasteiger partial charge in [0.25, 0.3) is 0 Å². The number of hydrogen-bond acceptors (Lipinski definition) is 2. The van der Waals surface area contributed by atoms with Gasteiger partial charge in [0, 0.05) is 5.56 Å². The van der Waals surface area contributed by atoms with Gasteiger partial charge in [-0.15, -0.1) is 0 Å². The maximum absolute atomic E-state index is 12.8. The lowest BCUT2D eigenvalue weighted by Gasteiger charge is -2.08. The number of Topliss-reactive ketones (excluding diaryl/α,β-unsaturated/α-hetero) is 1. The summed E-state index contributed by atoms with van der Waals surface area (Å²) in [7, 11) is 0. The van der Waals surface area contributed by atoms with Gasteiger partial charge in [0.2, 0.25) is 0 Å². The van der Waals surface area contributed by atoms with Crippen LogP contribution in [0.4, 0.5) is 8.78 Å². The van der Waals surface area contributed by atoms with E-state index in [0.29, 0.717) is 6.42 Å². The van der Waals surface area contributed by atoms with E-state index in [0.717, 1.165) is 18.6 Å². The van der Waals surface area contributed by atoms with Crippen molar-refractivity contribution in [3.63, 3.8) is 0 Å². The van der Waals surface area contributed by atoms with Gasteiger partial charge in [-0.2, -0.15) is 0 Å². The Morgan fingerprint density at radius 2 is 2.07 bits per heavy atom. The molecule has 0 heterocycles. The van der Waals surface area contributed by atoms with Crippen LogP contribution in [-0.2, 0) is 0 Å². The number of carbonyl (C=O) groups is 1. The Balaban J connectivity index is 2.87. The first kappa shape index (κ1) is 11.8. The normalized spacial score (nSPS) is 12.5. The van der Waals surface area contributed by atoms with E-state index in [2.05, 4.69) is 0 Å². The summed E-state index contributed by atoms with van der Waals surface area (Å²) in [5, 5.41) is 0. The molecule has 0 radical (unpaired) electrons. The molecule has 0 saturated heterocycles. The molecule has 2 nitrogen and oxygen atoms in total. The van der Waals surface area contributed by atoms with Crippen molar-refractivity contribution in [2.75, 3.05) is 0 Å². The molecule has 1 unspecified atom stereocenters. The molecule has 2 N–H and O–H groups in total. The maximum Gasteiger partial charge on any atom is 0.179 e. The Morgan fingerprint density at radius 1 is 1.40 bits per heavy atom. The summed E-state index contributed by atoms with van der Waals surface area (Å²) in [6.07, 6.45) is 1.31. The highest BCUT2D eigenvalue weighted by Gasteiger charge is 2.16. The quantitative estimate of drug-likeness (QED) is 0.779. The molecule has 0 aromatic heterocycles. The molecule has 0 bridgehead atoms. The van der Waals surface area contributed by atoms with E-state index in [4.69, 9.17) is 5.73 Å². The number of carbonyl (C=O) groups excluding carboxylic acids is 1. The van der Waals surface area contributed by atoms with Gasteiger partial charge in [0.1, 0.15) is 0 Å². The van der Waals surface area contributed by atoms with Crippen molar-refractivity contribution in [3.05, 3.63) is 35.4 Å². The Bertz CT molecular complexity index is 366. The van der Waals surface area contributed by atoms with Crippen LogP contribution in [0.1, 0.15) is 30.1 Å². The predicted molar refractivity (Wildman–Crippen MR) is 53.6 cm³/mol. The Labute approximate surface area is 87.1 Å². The molecule has 0 aliphatic rings. The van der Waals surface area contributed by atoms with Gasteiger partial charge in [-0.05, 0) is 24.6 Å². The van der Waals surface area contributed by atoms with E-state index in [-0.39, 0.29) is 11.3 Å².